The Hall–Kier alpha value is -10.2. The molecule has 4 heterocycles. The molecule has 0 bridgehead atoms. The Labute approximate surface area is 432 Å². The fourth-order valence-electron chi connectivity index (χ4n) is 10.8. The second-order valence-corrected chi connectivity index (χ2v) is 18.8. The SMILES string of the molecule is C=C/C=C(\C=C)c1nc(-c2ccccc2)nc(-c2cc(-c3ccc(-c4ccccc4)cc3)c(-n3c4ccccc4c4c5oc6cc7oc8ccccc8c7cc6c5ccc43)c(-c3ccc(-c4ccccc4)cc3)c2)n1. The van der Waals surface area contributed by atoms with E-state index in [2.05, 4.69) is 194 Å². The normalized spacial score (nSPS) is 11.9. The van der Waals surface area contributed by atoms with Gasteiger partial charge in [-0.15, -0.1) is 0 Å². The first kappa shape index (κ1) is 43.6. The summed E-state index contributed by atoms with van der Waals surface area (Å²) < 4.78 is 15.8. The van der Waals surface area contributed by atoms with E-state index in [4.69, 9.17) is 23.8 Å². The van der Waals surface area contributed by atoms with Crippen LogP contribution < -0.4 is 0 Å². The van der Waals surface area contributed by atoms with Crippen molar-refractivity contribution in [2.45, 2.75) is 0 Å². The molecule has 0 saturated carbocycles. The number of nitrogens with zero attached hydrogens (tertiary/aromatic N) is 4. The van der Waals surface area contributed by atoms with Gasteiger partial charge in [0.15, 0.2) is 17.5 Å². The van der Waals surface area contributed by atoms with Gasteiger partial charge < -0.3 is 13.4 Å². The molecule has 14 aromatic rings. The van der Waals surface area contributed by atoms with Crippen molar-refractivity contribution in [3.05, 3.63) is 262 Å². The van der Waals surface area contributed by atoms with Crippen LogP contribution in [-0.4, -0.2) is 19.5 Å². The second-order valence-electron chi connectivity index (χ2n) is 18.8. The van der Waals surface area contributed by atoms with E-state index in [1.54, 1.807) is 12.2 Å². The molecule has 0 atom stereocenters. The molecule has 0 aliphatic rings. The highest BCUT2D eigenvalue weighted by Crippen LogP contribution is 2.47. The van der Waals surface area contributed by atoms with Gasteiger partial charge in [0.25, 0.3) is 0 Å². The van der Waals surface area contributed by atoms with Gasteiger partial charge in [-0.3, -0.25) is 0 Å². The predicted octanol–water partition coefficient (Wildman–Crippen LogP) is 18.5. The van der Waals surface area contributed by atoms with E-state index in [1.165, 1.54) is 0 Å². The van der Waals surface area contributed by atoms with E-state index in [1.807, 2.05) is 54.6 Å². The quantitative estimate of drug-likeness (QED) is 0.128. The number of furan rings is 2. The molecule has 0 radical (unpaired) electrons. The molecule has 352 valence electrons. The van der Waals surface area contributed by atoms with Crippen molar-refractivity contribution in [3.8, 4) is 73.0 Å². The second kappa shape index (κ2) is 17.8. The monoisotopic (exact) mass is 960 g/mol. The highest BCUT2D eigenvalue weighted by Gasteiger charge is 2.26. The molecule has 4 aromatic heterocycles. The zero-order valence-electron chi connectivity index (χ0n) is 40.6. The fourth-order valence-corrected chi connectivity index (χ4v) is 10.8. The van der Waals surface area contributed by atoms with Crippen LogP contribution in [0.15, 0.2) is 265 Å². The number of benzene rings is 10. The third-order valence-electron chi connectivity index (χ3n) is 14.4. The maximum Gasteiger partial charge on any atom is 0.164 e. The molecule has 10 aromatic carbocycles. The van der Waals surface area contributed by atoms with Gasteiger partial charge in [-0.2, -0.15) is 0 Å². The summed E-state index contributed by atoms with van der Waals surface area (Å²) in [4.78, 5) is 15.5. The van der Waals surface area contributed by atoms with Crippen molar-refractivity contribution in [1.29, 1.82) is 0 Å². The molecule has 0 aliphatic heterocycles. The first-order chi connectivity index (χ1) is 37.1. The molecule has 14 rings (SSSR count). The third kappa shape index (κ3) is 7.38. The van der Waals surface area contributed by atoms with Crippen LogP contribution in [0, 0.1) is 0 Å². The number of hydrogen-bond donors (Lipinski definition) is 0. The summed E-state index contributed by atoms with van der Waals surface area (Å²) in [5.41, 5.74) is 17.3. The molecule has 6 heteroatoms. The van der Waals surface area contributed by atoms with Crippen LogP contribution in [0.1, 0.15) is 5.82 Å². The van der Waals surface area contributed by atoms with Crippen LogP contribution in [0.4, 0.5) is 0 Å². The van der Waals surface area contributed by atoms with Gasteiger partial charge >= 0.3 is 0 Å². The highest BCUT2D eigenvalue weighted by atomic mass is 16.3. The summed E-state index contributed by atoms with van der Waals surface area (Å²) in [5, 5.41) is 6.33. The standard InChI is InChI=1S/C69H44N4O2/c1-3-18-43(4-2)67-70-68(50-23-12-7-13-24-50)72-69(71-67)51-39-55(48-33-29-46(30-34-48)44-19-8-5-9-20-44)65(56(40-51)49-35-31-47(32-36-49)45-21-10-6-11-22-45)73-59-27-16-14-26-54(59)64-60(73)38-37-53-58-41-57-52-25-15-17-28-61(52)74-62(57)42-63(58)75-66(53)64/h3-42H,1-2H2/b43-18+. The van der Waals surface area contributed by atoms with Crippen LogP contribution in [0.25, 0.3) is 144 Å². The van der Waals surface area contributed by atoms with E-state index in [0.29, 0.717) is 17.5 Å². The lowest BCUT2D eigenvalue weighted by molar-refractivity contribution is 0.658. The lowest BCUT2D eigenvalue weighted by Crippen LogP contribution is -2.05. The minimum absolute atomic E-state index is 0.499. The predicted molar refractivity (Wildman–Crippen MR) is 310 cm³/mol. The Morgan fingerprint density at radius 1 is 0.387 bits per heavy atom. The largest absolute Gasteiger partial charge is 0.456 e. The molecular formula is C69H44N4O2. The molecule has 0 unspecified atom stereocenters. The summed E-state index contributed by atoms with van der Waals surface area (Å²) in [6.45, 7) is 8.13. The molecule has 0 N–H and O–H groups in total. The Morgan fingerprint density at radius 3 is 1.53 bits per heavy atom. The number of fused-ring (bicyclic) bond motifs is 10. The first-order valence-electron chi connectivity index (χ1n) is 25.1. The summed E-state index contributed by atoms with van der Waals surface area (Å²) in [6, 6.07) is 78.9. The molecule has 6 nitrogen and oxygen atoms in total. The van der Waals surface area contributed by atoms with Gasteiger partial charge in [0, 0.05) is 60.8 Å². The number of hydrogen-bond acceptors (Lipinski definition) is 5. The number of allylic oxidation sites excluding steroid dienone is 4. The van der Waals surface area contributed by atoms with E-state index in [0.717, 1.165) is 133 Å². The molecule has 0 spiro atoms. The Morgan fingerprint density at radius 2 is 0.907 bits per heavy atom. The molecule has 75 heavy (non-hydrogen) atoms. The summed E-state index contributed by atoms with van der Waals surface area (Å²) >= 11 is 0. The zero-order valence-corrected chi connectivity index (χ0v) is 40.6. The lowest BCUT2D eigenvalue weighted by Gasteiger charge is -2.21. The number of rotatable bonds is 10. The third-order valence-corrected chi connectivity index (χ3v) is 14.4. The van der Waals surface area contributed by atoms with Crippen LogP contribution in [-0.2, 0) is 0 Å². The number of aromatic nitrogens is 4. The van der Waals surface area contributed by atoms with Gasteiger partial charge in [-0.25, -0.2) is 15.0 Å². The highest BCUT2D eigenvalue weighted by molar-refractivity contribution is 6.25. The minimum Gasteiger partial charge on any atom is -0.456 e. The van der Waals surface area contributed by atoms with Gasteiger partial charge in [0.05, 0.1) is 22.1 Å². The molecule has 0 fully saturated rings. The molecule has 0 saturated heterocycles. The summed E-state index contributed by atoms with van der Waals surface area (Å²) in [6.07, 6.45) is 5.37. The van der Waals surface area contributed by atoms with E-state index >= 15 is 0 Å². The van der Waals surface area contributed by atoms with Crippen molar-refractivity contribution >= 4 is 71.3 Å². The minimum atomic E-state index is 0.499. The molecular weight excluding hydrogens is 917 g/mol. The van der Waals surface area contributed by atoms with Gasteiger partial charge in [-0.1, -0.05) is 207 Å². The van der Waals surface area contributed by atoms with Gasteiger partial charge in [0.1, 0.15) is 22.3 Å². The van der Waals surface area contributed by atoms with Crippen molar-refractivity contribution in [3.63, 3.8) is 0 Å². The lowest BCUT2D eigenvalue weighted by atomic mass is 9.91. The van der Waals surface area contributed by atoms with Gasteiger partial charge in [-0.05, 0) is 75.8 Å². The van der Waals surface area contributed by atoms with Crippen LogP contribution >= 0.6 is 0 Å². The van der Waals surface area contributed by atoms with Crippen molar-refractivity contribution < 1.29 is 8.83 Å². The Kier molecular flexibility index (Phi) is 10.4. The topological polar surface area (TPSA) is 69.9 Å². The Balaban J connectivity index is 1.09. The van der Waals surface area contributed by atoms with Crippen molar-refractivity contribution in [2.75, 3.05) is 0 Å². The zero-order chi connectivity index (χ0) is 50.0. The van der Waals surface area contributed by atoms with Crippen LogP contribution in [0.5, 0.6) is 0 Å². The smallest absolute Gasteiger partial charge is 0.164 e. The first-order valence-corrected chi connectivity index (χ1v) is 25.1. The molecule has 0 amide bonds. The van der Waals surface area contributed by atoms with Crippen LogP contribution in [0.2, 0.25) is 0 Å². The van der Waals surface area contributed by atoms with Gasteiger partial charge in [0.2, 0.25) is 0 Å². The average molecular weight is 961 g/mol. The van der Waals surface area contributed by atoms with E-state index in [-0.39, 0.29) is 0 Å². The summed E-state index contributed by atoms with van der Waals surface area (Å²) in [5.74, 6) is 1.58. The van der Waals surface area contributed by atoms with E-state index in [9.17, 15) is 0 Å². The maximum absolute atomic E-state index is 7.04. The fraction of sp³-hybridized carbons (Fsp3) is 0. The van der Waals surface area contributed by atoms with Crippen molar-refractivity contribution in [2.24, 2.45) is 0 Å². The average Bonchev–Trinajstić information content (AvgIpc) is 4.16. The van der Waals surface area contributed by atoms with Crippen molar-refractivity contribution in [1.82, 2.24) is 19.5 Å². The summed E-state index contributed by atoms with van der Waals surface area (Å²) in [7, 11) is 0. The maximum atomic E-state index is 7.04. The van der Waals surface area contributed by atoms with E-state index < -0.39 is 0 Å². The molecule has 0 aliphatic carbocycles. The van der Waals surface area contributed by atoms with Crippen LogP contribution in [0.3, 0.4) is 0 Å². The Bertz CT molecular complexity index is 4480. The number of para-hydroxylation sites is 2.